The summed E-state index contributed by atoms with van der Waals surface area (Å²) in [5, 5.41) is 0.810. The van der Waals surface area contributed by atoms with Crippen LogP contribution in [0.4, 0.5) is 0 Å². The maximum atomic E-state index is 6.31. The molecule has 118 valence electrons. The van der Waals surface area contributed by atoms with E-state index in [9.17, 15) is 0 Å². The zero-order valence-corrected chi connectivity index (χ0v) is 14.2. The Hall–Kier alpha value is -0.610. The molecule has 1 aliphatic rings. The van der Waals surface area contributed by atoms with Crippen LogP contribution in [0.2, 0.25) is 5.02 Å². The minimum Gasteiger partial charge on any atom is -0.296 e. The molecular formula is C17H28ClN3. The van der Waals surface area contributed by atoms with Gasteiger partial charge in [-0.05, 0) is 63.4 Å². The highest BCUT2D eigenvalue weighted by atomic mass is 35.5. The van der Waals surface area contributed by atoms with Crippen molar-refractivity contribution in [2.24, 2.45) is 5.84 Å². The first kappa shape index (κ1) is 16.8. The lowest BCUT2D eigenvalue weighted by atomic mass is 9.82. The Kier molecular flexibility index (Phi) is 5.67. The molecule has 2 atom stereocenters. The lowest BCUT2D eigenvalue weighted by Crippen LogP contribution is -2.57. The van der Waals surface area contributed by atoms with E-state index in [-0.39, 0.29) is 11.6 Å². The van der Waals surface area contributed by atoms with E-state index < -0.39 is 0 Å². The van der Waals surface area contributed by atoms with Crippen LogP contribution in [0.1, 0.15) is 56.7 Å². The lowest BCUT2D eigenvalue weighted by molar-refractivity contribution is 0.0424. The quantitative estimate of drug-likeness (QED) is 0.642. The molecule has 0 spiro atoms. The summed E-state index contributed by atoms with van der Waals surface area (Å²) in [6.45, 7) is 8.90. The van der Waals surface area contributed by atoms with Crippen molar-refractivity contribution >= 4 is 11.6 Å². The topological polar surface area (TPSA) is 41.3 Å². The van der Waals surface area contributed by atoms with E-state index in [0.717, 1.165) is 30.1 Å². The smallest absolute Gasteiger partial charge is 0.0641 e. The first-order valence-electron chi connectivity index (χ1n) is 8.00. The lowest BCUT2D eigenvalue weighted by Gasteiger charge is -2.48. The van der Waals surface area contributed by atoms with Crippen LogP contribution >= 0.6 is 11.6 Å². The number of nitrogens with two attached hydrogens (primary N) is 1. The second-order valence-electron chi connectivity index (χ2n) is 6.37. The van der Waals surface area contributed by atoms with E-state index in [1.54, 1.807) is 0 Å². The highest BCUT2D eigenvalue weighted by Crippen LogP contribution is 2.36. The van der Waals surface area contributed by atoms with Crippen molar-refractivity contribution in [2.75, 3.05) is 13.1 Å². The molecule has 1 aromatic rings. The average Bonchev–Trinajstić information content (AvgIpc) is 2.52. The van der Waals surface area contributed by atoms with Crippen molar-refractivity contribution in [2.45, 2.75) is 58.0 Å². The van der Waals surface area contributed by atoms with Crippen LogP contribution in [-0.4, -0.2) is 23.5 Å². The van der Waals surface area contributed by atoms with Gasteiger partial charge < -0.3 is 0 Å². The summed E-state index contributed by atoms with van der Waals surface area (Å²) < 4.78 is 0. The van der Waals surface area contributed by atoms with Gasteiger partial charge in [-0.15, -0.1) is 0 Å². The number of piperidine rings is 1. The molecule has 0 bridgehead atoms. The number of nitrogens with zero attached hydrogens (tertiary/aromatic N) is 1. The van der Waals surface area contributed by atoms with Gasteiger partial charge in [-0.25, -0.2) is 0 Å². The zero-order valence-electron chi connectivity index (χ0n) is 13.5. The van der Waals surface area contributed by atoms with Gasteiger partial charge in [0.2, 0.25) is 0 Å². The van der Waals surface area contributed by atoms with Crippen molar-refractivity contribution in [3.05, 3.63) is 34.3 Å². The molecule has 0 amide bonds. The molecule has 0 saturated carbocycles. The van der Waals surface area contributed by atoms with Crippen LogP contribution in [0.5, 0.6) is 0 Å². The van der Waals surface area contributed by atoms with Gasteiger partial charge in [0.15, 0.2) is 0 Å². The van der Waals surface area contributed by atoms with Crippen molar-refractivity contribution < 1.29 is 0 Å². The molecule has 21 heavy (non-hydrogen) atoms. The first-order valence-corrected chi connectivity index (χ1v) is 8.38. The predicted octanol–water partition coefficient (Wildman–Crippen LogP) is 3.81. The van der Waals surface area contributed by atoms with Gasteiger partial charge in [-0.2, -0.15) is 0 Å². The Morgan fingerprint density at radius 1 is 1.33 bits per heavy atom. The number of aryl methyl sites for hydroxylation is 1. The summed E-state index contributed by atoms with van der Waals surface area (Å²) in [4.78, 5) is 2.59. The highest BCUT2D eigenvalue weighted by Gasteiger charge is 2.39. The Balaban J connectivity index is 2.33. The monoisotopic (exact) mass is 309 g/mol. The molecule has 4 heteroatoms. The van der Waals surface area contributed by atoms with Crippen molar-refractivity contribution in [1.29, 1.82) is 0 Å². The summed E-state index contributed by atoms with van der Waals surface area (Å²) in [5.74, 6) is 5.94. The maximum Gasteiger partial charge on any atom is 0.0641 e. The Morgan fingerprint density at radius 2 is 2.00 bits per heavy atom. The summed E-state index contributed by atoms with van der Waals surface area (Å²) in [6, 6.07) is 6.36. The number of hydrogen-bond donors (Lipinski definition) is 2. The third kappa shape index (κ3) is 3.42. The molecule has 1 fully saturated rings. The molecule has 3 nitrogen and oxygen atoms in total. The second kappa shape index (κ2) is 7.10. The maximum absolute atomic E-state index is 6.31. The van der Waals surface area contributed by atoms with E-state index in [0.29, 0.717) is 0 Å². The van der Waals surface area contributed by atoms with E-state index in [1.165, 1.54) is 24.8 Å². The van der Waals surface area contributed by atoms with Crippen LogP contribution < -0.4 is 11.3 Å². The van der Waals surface area contributed by atoms with E-state index >= 15 is 0 Å². The van der Waals surface area contributed by atoms with Crippen LogP contribution in [0.3, 0.4) is 0 Å². The van der Waals surface area contributed by atoms with Crippen LogP contribution in [0, 0.1) is 6.92 Å². The number of benzene rings is 1. The Labute approximate surface area is 133 Å². The van der Waals surface area contributed by atoms with E-state index in [2.05, 4.69) is 42.4 Å². The number of hydrogen-bond acceptors (Lipinski definition) is 3. The van der Waals surface area contributed by atoms with Gasteiger partial charge in [-0.1, -0.05) is 37.1 Å². The van der Waals surface area contributed by atoms with Crippen LogP contribution in [0.25, 0.3) is 0 Å². The van der Waals surface area contributed by atoms with Gasteiger partial charge in [0.05, 0.1) is 6.04 Å². The highest BCUT2D eigenvalue weighted by molar-refractivity contribution is 6.31. The van der Waals surface area contributed by atoms with Gasteiger partial charge in [0.25, 0.3) is 0 Å². The fourth-order valence-corrected chi connectivity index (χ4v) is 3.63. The minimum atomic E-state index is 0.00770. The number of rotatable bonds is 5. The average molecular weight is 310 g/mol. The van der Waals surface area contributed by atoms with Gasteiger partial charge in [0.1, 0.15) is 0 Å². The van der Waals surface area contributed by atoms with Gasteiger partial charge >= 0.3 is 0 Å². The summed E-state index contributed by atoms with van der Waals surface area (Å²) in [5.41, 5.74) is 5.33. The second-order valence-corrected chi connectivity index (χ2v) is 6.77. The number of nitrogens with one attached hydrogen (secondary N) is 1. The molecule has 2 rings (SSSR count). The van der Waals surface area contributed by atoms with E-state index in [4.69, 9.17) is 17.4 Å². The number of hydrazine groups is 1. The molecule has 0 aliphatic carbocycles. The molecule has 1 aliphatic heterocycles. The third-order valence-electron chi connectivity index (χ3n) is 5.11. The molecular weight excluding hydrogens is 282 g/mol. The third-order valence-corrected chi connectivity index (χ3v) is 5.52. The molecule has 0 radical (unpaired) electrons. The SMILES string of the molecule is CCC(C)(C(NN)c1ccc(C)c(Cl)c1)N1CCCCC1. The molecule has 2 unspecified atom stereocenters. The Morgan fingerprint density at radius 3 is 2.52 bits per heavy atom. The number of halogens is 1. The molecule has 0 aromatic heterocycles. The van der Waals surface area contributed by atoms with E-state index in [1.807, 2.05) is 6.92 Å². The summed E-state index contributed by atoms with van der Waals surface area (Å²) in [6.07, 6.45) is 4.95. The fraction of sp³-hybridized carbons (Fsp3) is 0.647. The molecule has 1 aromatic carbocycles. The fourth-order valence-electron chi connectivity index (χ4n) is 3.44. The summed E-state index contributed by atoms with van der Waals surface area (Å²) >= 11 is 6.31. The molecule has 1 heterocycles. The zero-order chi connectivity index (χ0) is 15.5. The predicted molar refractivity (Wildman–Crippen MR) is 90.4 cm³/mol. The van der Waals surface area contributed by atoms with Crippen LogP contribution in [-0.2, 0) is 0 Å². The van der Waals surface area contributed by atoms with Gasteiger partial charge in [0, 0.05) is 10.6 Å². The first-order chi connectivity index (χ1) is 10.0. The van der Waals surface area contributed by atoms with Crippen LogP contribution in [0.15, 0.2) is 18.2 Å². The normalized spacial score (nSPS) is 21.0. The molecule has 3 N–H and O–H groups in total. The molecule has 1 saturated heterocycles. The van der Waals surface area contributed by atoms with Gasteiger partial charge in [-0.3, -0.25) is 16.2 Å². The Bertz CT molecular complexity index is 471. The van der Waals surface area contributed by atoms with Crippen molar-refractivity contribution in [3.63, 3.8) is 0 Å². The van der Waals surface area contributed by atoms with Crippen molar-refractivity contribution in [1.82, 2.24) is 10.3 Å². The standard InChI is InChI=1S/C17H28ClN3/c1-4-17(3,21-10-6-5-7-11-21)16(20-19)14-9-8-13(2)15(18)12-14/h8-9,12,16,20H,4-7,10-11,19H2,1-3H3. The summed E-state index contributed by atoms with van der Waals surface area (Å²) in [7, 11) is 0. The number of likely N-dealkylation sites (tertiary alicyclic amines) is 1. The largest absolute Gasteiger partial charge is 0.296 e. The van der Waals surface area contributed by atoms with Crippen molar-refractivity contribution in [3.8, 4) is 0 Å². The minimum absolute atomic E-state index is 0.00770.